The lowest BCUT2D eigenvalue weighted by Crippen LogP contribution is -2.33. The Hall–Kier alpha value is -2.86. The number of anilines is 1. The number of nitrogens with one attached hydrogen (secondary N) is 1. The summed E-state index contributed by atoms with van der Waals surface area (Å²) in [6.45, 7) is 7.13. The van der Waals surface area contributed by atoms with Crippen molar-refractivity contribution in [3.63, 3.8) is 0 Å². The summed E-state index contributed by atoms with van der Waals surface area (Å²) in [7, 11) is 1.62. The number of amides is 2. The van der Waals surface area contributed by atoms with Gasteiger partial charge >= 0.3 is 0 Å². The van der Waals surface area contributed by atoms with Gasteiger partial charge in [-0.05, 0) is 53.6 Å². The van der Waals surface area contributed by atoms with E-state index in [1.807, 2.05) is 41.3 Å². The van der Waals surface area contributed by atoms with Gasteiger partial charge < -0.3 is 9.64 Å². The molecule has 2 rings (SSSR count). The van der Waals surface area contributed by atoms with Crippen LogP contribution in [0.4, 0.5) is 5.69 Å². The first kappa shape index (κ1) is 25.4. The molecule has 0 heterocycles. The largest absolute Gasteiger partial charge is 0.497 e. The van der Waals surface area contributed by atoms with E-state index in [9.17, 15) is 9.59 Å². The third-order valence-electron chi connectivity index (χ3n) is 5.52. The molecule has 0 aliphatic rings. The summed E-state index contributed by atoms with van der Waals surface area (Å²) < 4.78 is 5.24. The van der Waals surface area contributed by atoms with Gasteiger partial charge in [-0.2, -0.15) is 0 Å². The summed E-state index contributed by atoms with van der Waals surface area (Å²) in [5.74, 6) is 0.442. The molecule has 0 radical (unpaired) electrons. The van der Waals surface area contributed by atoms with E-state index in [1.54, 1.807) is 12.6 Å². The lowest BCUT2D eigenvalue weighted by molar-refractivity contribution is -0.129. The average molecular weight is 441 g/mol. The second-order valence-corrected chi connectivity index (χ2v) is 9.07. The minimum Gasteiger partial charge on any atom is -0.497 e. The van der Waals surface area contributed by atoms with E-state index in [1.165, 1.54) is 5.56 Å². The fourth-order valence-electron chi connectivity index (χ4n) is 3.52. The summed E-state index contributed by atoms with van der Waals surface area (Å²) >= 11 is 0. The van der Waals surface area contributed by atoms with Crippen LogP contribution in [0.15, 0.2) is 48.5 Å². The topological polar surface area (TPSA) is 78.9 Å². The quantitative estimate of drug-likeness (QED) is 0.292. The molecule has 0 bridgehead atoms. The molecule has 0 aliphatic heterocycles. The van der Waals surface area contributed by atoms with Crippen molar-refractivity contribution in [1.82, 2.24) is 5.48 Å². The van der Waals surface area contributed by atoms with Crippen LogP contribution in [0.25, 0.3) is 0 Å². The van der Waals surface area contributed by atoms with Gasteiger partial charge in [0.2, 0.25) is 11.8 Å². The fraction of sp³-hybridized carbons (Fsp3) is 0.462. The minimum absolute atomic E-state index is 0.0540. The number of hydroxylamine groups is 1. The van der Waals surface area contributed by atoms with Crippen molar-refractivity contribution < 1.29 is 19.5 Å². The Morgan fingerprint density at radius 2 is 1.56 bits per heavy atom. The lowest BCUT2D eigenvalue weighted by Gasteiger charge is -2.24. The maximum absolute atomic E-state index is 13.2. The molecule has 0 spiro atoms. The van der Waals surface area contributed by atoms with Crippen LogP contribution in [-0.2, 0) is 21.4 Å². The SMILES string of the molecule is COc1ccc(N(CCCCCCC(=O)NO)C(=O)Cc2ccc(C(C)(C)C)cc2)cc1. The van der Waals surface area contributed by atoms with Gasteiger partial charge in [0.25, 0.3) is 0 Å². The predicted octanol–water partition coefficient (Wildman–Crippen LogP) is 5.02. The van der Waals surface area contributed by atoms with Gasteiger partial charge in [0.15, 0.2) is 0 Å². The molecule has 0 aliphatic carbocycles. The van der Waals surface area contributed by atoms with Crippen molar-refractivity contribution in [2.24, 2.45) is 0 Å². The Balaban J connectivity index is 2.02. The van der Waals surface area contributed by atoms with Crippen molar-refractivity contribution in [1.29, 1.82) is 0 Å². The van der Waals surface area contributed by atoms with Gasteiger partial charge in [-0.3, -0.25) is 14.8 Å². The third kappa shape index (κ3) is 8.00. The molecule has 6 heteroatoms. The highest BCUT2D eigenvalue weighted by Gasteiger charge is 2.18. The average Bonchev–Trinajstić information content (AvgIpc) is 2.78. The van der Waals surface area contributed by atoms with E-state index in [-0.39, 0.29) is 17.2 Å². The van der Waals surface area contributed by atoms with Crippen molar-refractivity contribution >= 4 is 17.5 Å². The molecule has 6 nitrogen and oxygen atoms in total. The van der Waals surface area contributed by atoms with Crippen LogP contribution in [0.3, 0.4) is 0 Å². The summed E-state index contributed by atoms with van der Waals surface area (Å²) in [4.78, 5) is 26.1. The summed E-state index contributed by atoms with van der Waals surface area (Å²) in [5, 5.41) is 8.56. The van der Waals surface area contributed by atoms with Crippen LogP contribution < -0.4 is 15.1 Å². The molecule has 0 atom stereocenters. The molecule has 32 heavy (non-hydrogen) atoms. The molecular formula is C26H36N2O4. The van der Waals surface area contributed by atoms with Gasteiger partial charge in [-0.1, -0.05) is 57.9 Å². The number of ether oxygens (including phenoxy) is 1. The third-order valence-corrected chi connectivity index (χ3v) is 5.52. The van der Waals surface area contributed by atoms with E-state index in [4.69, 9.17) is 9.94 Å². The molecule has 0 aromatic heterocycles. The molecule has 0 saturated heterocycles. The maximum Gasteiger partial charge on any atom is 0.243 e. The van der Waals surface area contributed by atoms with E-state index in [0.717, 1.165) is 36.3 Å². The normalized spacial score (nSPS) is 11.2. The highest BCUT2D eigenvalue weighted by molar-refractivity contribution is 5.94. The fourth-order valence-corrected chi connectivity index (χ4v) is 3.52. The Bertz CT molecular complexity index is 855. The van der Waals surface area contributed by atoms with Crippen LogP contribution in [0, 0.1) is 0 Å². The van der Waals surface area contributed by atoms with Crippen molar-refractivity contribution in [2.75, 3.05) is 18.6 Å². The first-order chi connectivity index (χ1) is 15.2. The van der Waals surface area contributed by atoms with Gasteiger partial charge in [0.1, 0.15) is 5.75 Å². The van der Waals surface area contributed by atoms with Gasteiger partial charge in [0.05, 0.1) is 13.5 Å². The Morgan fingerprint density at radius 3 is 2.12 bits per heavy atom. The van der Waals surface area contributed by atoms with Crippen molar-refractivity contribution in [3.05, 3.63) is 59.7 Å². The number of rotatable bonds is 11. The van der Waals surface area contributed by atoms with E-state index >= 15 is 0 Å². The number of hydrogen-bond acceptors (Lipinski definition) is 4. The zero-order valence-electron chi connectivity index (χ0n) is 19.7. The molecular weight excluding hydrogens is 404 g/mol. The molecule has 2 aromatic rings. The second-order valence-electron chi connectivity index (χ2n) is 9.07. The van der Waals surface area contributed by atoms with Crippen LogP contribution in [0.1, 0.15) is 64.0 Å². The zero-order chi connectivity index (χ0) is 23.6. The highest BCUT2D eigenvalue weighted by Crippen LogP contribution is 2.24. The number of unbranched alkanes of at least 4 members (excludes halogenated alkanes) is 3. The van der Waals surface area contributed by atoms with Gasteiger partial charge in [-0.15, -0.1) is 0 Å². The molecule has 2 amide bonds. The molecule has 2 N–H and O–H groups in total. The highest BCUT2D eigenvalue weighted by atomic mass is 16.5. The van der Waals surface area contributed by atoms with Crippen LogP contribution in [-0.4, -0.2) is 30.7 Å². The maximum atomic E-state index is 13.2. The number of methoxy groups -OCH3 is 1. The monoisotopic (exact) mass is 440 g/mol. The van der Waals surface area contributed by atoms with Crippen LogP contribution >= 0.6 is 0 Å². The molecule has 2 aromatic carbocycles. The van der Waals surface area contributed by atoms with Crippen molar-refractivity contribution in [2.45, 2.75) is 64.7 Å². The van der Waals surface area contributed by atoms with E-state index in [2.05, 4.69) is 32.9 Å². The second kappa shape index (κ2) is 12.2. The predicted molar refractivity (Wildman–Crippen MR) is 127 cm³/mol. The van der Waals surface area contributed by atoms with E-state index in [0.29, 0.717) is 25.8 Å². The van der Waals surface area contributed by atoms with E-state index < -0.39 is 0 Å². The Labute approximate surface area is 191 Å². The summed E-state index contributed by atoms with van der Waals surface area (Å²) in [6, 6.07) is 15.8. The number of benzene rings is 2. The molecule has 0 saturated carbocycles. The Kier molecular flexibility index (Phi) is 9.72. The number of hydrogen-bond donors (Lipinski definition) is 2. The molecule has 174 valence electrons. The standard InChI is InChI=1S/C26H36N2O4/c1-26(2,3)21-12-10-20(11-13-21)19-25(30)28(22-14-16-23(32-4)17-15-22)18-8-6-5-7-9-24(29)27-31/h10-17,31H,5-9,18-19H2,1-4H3,(H,27,29). The van der Waals surface area contributed by atoms with Gasteiger partial charge in [-0.25, -0.2) is 5.48 Å². The number of carbonyl (C=O) groups is 2. The number of nitrogens with zero attached hydrogens (tertiary/aromatic N) is 1. The zero-order valence-corrected chi connectivity index (χ0v) is 19.7. The van der Waals surface area contributed by atoms with Crippen LogP contribution in [0.2, 0.25) is 0 Å². The smallest absolute Gasteiger partial charge is 0.243 e. The molecule has 0 fully saturated rings. The lowest BCUT2D eigenvalue weighted by atomic mass is 9.86. The van der Waals surface area contributed by atoms with Crippen molar-refractivity contribution in [3.8, 4) is 5.75 Å². The van der Waals surface area contributed by atoms with Crippen LogP contribution in [0.5, 0.6) is 5.75 Å². The van der Waals surface area contributed by atoms with Gasteiger partial charge in [0, 0.05) is 18.7 Å². The first-order valence-electron chi connectivity index (χ1n) is 11.2. The summed E-state index contributed by atoms with van der Waals surface area (Å²) in [6.07, 6.45) is 3.96. The Morgan fingerprint density at radius 1 is 0.938 bits per heavy atom. The summed E-state index contributed by atoms with van der Waals surface area (Å²) in [5.41, 5.74) is 4.82. The first-order valence-corrected chi connectivity index (χ1v) is 11.2. The number of carbonyl (C=O) groups excluding carboxylic acids is 2. The minimum atomic E-state index is -0.363. The molecule has 0 unspecified atom stereocenters.